The van der Waals surface area contributed by atoms with Crippen molar-refractivity contribution in [1.29, 1.82) is 0 Å². The lowest BCUT2D eigenvalue weighted by Gasteiger charge is -2.59. The van der Waals surface area contributed by atoms with Gasteiger partial charge in [-0.25, -0.2) is 17.9 Å². The number of sulfone groups is 1. The van der Waals surface area contributed by atoms with Crippen LogP contribution in [0.4, 0.5) is 0 Å². The normalized spacial score (nSPS) is 18.2. The molecule has 2 fully saturated rings. The summed E-state index contributed by atoms with van der Waals surface area (Å²) in [4.78, 5) is 15.8. The fourth-order valence-electron chi connectivity index (χ4n) is 6.62. The highest BCUT2D eigenvalue weighted by Gasteiger charge is 2.52. The summed E-state index contributed by atoms with van der Waals surface area (Å²) >= 11 is 0. The van der Waals surface area contributed by atoms with Crippen molar-refractivity contribution in [2.45, 2.75) is 58.8 Å². The van der Waals surface area contributed by atoms with E-state index in [1.54, 1.807) is 6.33 Å². The molecule has 4 aromatic heterocycles. The second kappa shape index (κ2) is 8.63. The van der Waals surface area contributed by atoms with Crippen molar-refractivity contribution in [2.24, 2.45) is 5.41 Å². The third kappa shape index (κ3) is 4.26. The summed E-state index contributed by atoms with van der Waals surface area (Å²) in [6.45, 7) is 11.8. The second-order valence-corrected chi connectivity index (χ2v) is 14.1. The van der Waals surface area contributed by atoms with E-state index >= 15 is 0 Å². The summed E-state index contributed by atoms with van der Waals surface area (Å²) in [6.07, 6.45) is 8.08. The fourth-order valence-corrected chi connectivity index (χ4v) is 7.27. The van der Waals surface area contributed by atoms with E-state index in [0.717, 1.165) is 59.6 Å². The summed E-state index contributed by atoms with van der Waals surface area (Å²) in [5, 5.41) is 4.40. The van der Waals surface area contributed by atoms with Crippen LogP contribution in [0.3, 0.4) is 0 Å². The first-order valence-electron chi connectivity index (χ1n) is 13.3. The largest absolute Gasteiger partial charge is 0.353 e. The lowest BCUT2D eigenvalue weighted by molar-refractivity contribution is -0.0732. The van der Waals surface area contributed by atoms with E-state index < -0.39 is 9.84 Å². The number of likely N-dealkylation sites (tertiary alicyclic amines) is 1. The van der Waals surface area contributed by atoms with Crippen molar-refractivity contribution < 1.29 is 8.42 Å². The van der Waals surface area contributed by atoms with Crippen molar-refractivity contribution >= 4 is 26.5 Å². The Morgan fingerprint density at radius 2 is 1.92 bits per heavy atom. The Balaban J connectivity index is 1.23. The number of fused-ring (bicyclic) bond motifs is 2. The van der Waals surface area contributed by atoms with E-state index in [4.69, 9.17) is 4.98 Å². The molecule has 6 rings (SSSR count). The fraction of sp³-hybridized carbons (Fsp3) is 0.536. The second-order valence-electron chi connectivity index (χ2n) is 11.8. The first kappa shape index (κ1) is 24.6. The Morgan fingerprint density at radius 3 is 2.62 bits per heavy atom. The van der Waals surface area contributed by atoms with Crippen LogP contribution in [0.5, 0.6) is 0 Å². The molecule has 1 saturated carbocycles. The van der Waals surface area contributed by atoms with Crippen LogP contribution in [0.1, 0.15) is 67.3 Å². The molecular weight excluding hydrogens is 484 g/mol. The number of aryl methyl sites for hydroxylation is 1. The maximum Gasteiger partial charge on any atom is 0.158 e. The van der Waals surface area contributed by atoms with Gasteiger partial charge in [-0.3, -0.25) is 4.98 Å². The maximum absolute atomic E-state index is 11.4. The summed E-state index contributed by atoms with van der Waals surface area (Å²) in [5.74, 6) is 1.10. The summed E-state index contributed by atoms with van der Waals surface area (Å²) in [6, 6.07) is 4.40. The molecule has 5 heterocycles. The quantitative estimate of drug-likeness (QED) is 0.382. The van der Waals surface area contributed by atoms with Crippen molar-refractivity contribution in [3.63, 3.8) is 0 Å². The minimum atomic E-state index is -2.87. The van der Waals surface area contributed by atoms with Gasteiger partial charge in [-0.15, -0.1) is 0 Å². The Labute approximate surface area is 218 Å². The Hall–Kier alpha value is -2.78. The third-order valence-electron chi connectivity index (χ3n) is 8.56. The van der Waals surface area contributed by atoms with Crippen LogP contribution in [0.25, 0.3) is 27.9 Å². The van der Waals surface area contributed by atoms with E-state index in [-0.39, 0.29) is 5.75 Å². The smallest absolute Gasteiger partial charge is 0.158 e. The average Bonchev–Trinajstić information content (AvgIpc) is 3.39. The number of nitrogens with zero attached hydrogens (tertiary/aromatic N) is 5. The number of aromatic amines is 1. The monoisotopic (exact) mass is 520 g/mol. The standard InChI is InChI=1S/C28H36N6O2S/c1-17(2)24-25(21-13-34-27(29-16-30-34)19(4)18(21)3)32-23-8-7-22(31-26(23)24)20-11-28(12-20)14-33(15-28)9-6-10-37(5,35)36/h7-8,13,16-17,20,32H,6,9-12,14-15H2,1-5H3. The Bertz CT molecular complexity index is 1600. The molecule has 196 valence electrons. The van der Waals surface area contributed by atoms with Crippen molar-refractivity contribution in [1.82, 2.24) is 29.5 Å². The molecule has 1 aliphatic carbocycles. The molecule has 1 saturated heterocycles. The first-order valence-corrected chi connectivity index (χ1v) is 15.3. The third-order valence-corrected chi connectivity index (χ3v) is 9.59. The molecule has 0 amide bonds. The number of aromatic nitrogens is 5. The van der Waals surface area contributed by atoms with E-state index in [1.807, 2.05) is 4.52 Å². The maximum atomic E-state index is 11.4. The minimum absolute atomic E-state index is 0.283. The molecule has 2 aliphatic rings. The highest BCUT2D eigenvalue weighted by Crippen LogP contribution is 2.56. The van der Waals surface area contributed by atoms with Gasteiger partial charge in [0.25, 0.3) is 0 Å². The van der Waals surface area contributed by atoms with Gasteiger partial charge in [0.05, 0.1) is 22.5 Å². The van der Waals surface area contributed by atoms with Gasteiger partial charge in [-0.1, -0.05) is 13.8 Å². The van der Waals surface area contributed by atoms with Gasteiger partial charge in [0.15, 0.2) is 5.65 Å². The lowest BCUT2D eigenvalue weighted by atomic mass is 9.57. The predicted molar refractivity (Wildman–Crippen MR) is 147 cm³/mol. The van der Waals surface area contributed by atoms with E-state index in [0.29, 0.717) is 17.3 Å². The zero-order chi connectivity index (χ0) is 26.1. The Morgan fingerprint density at radius 1 is 1.16 bits per heavy atom. The van der Waals surface area contributed by atoms with Crippen LogP contribution in [0, 0.1) is 19.3 Å². The molecular formula is C28H36N6O2S. The first-order chi connectivity index (χ1) is 17.5. The minimum Gasteiger partial charge on any atom is -0.353 e. The number of H-pyrrole nitrogens is 1. The number of rotatable bonds is 7. The van der Waals surface area contributed by atoms with Gasteiger partial charge in [0.1, 0.15) is 16.2 Å². The van der Waals surface area contributed by atoms with Gasteiger partial charge < -0.3 is 9.88 Å². The molecule has 0 atom stereocenters. The van der Waals surface area contributed by atoms with Crippen LogP contribution < -0.4 is 0 Å². The molecule has 0 radical (unpaired) electrons. The molecule has 1 aliphatic heterocycles. The van der Waals surface area contributed by atoms with Crippen LogP contribution in [0.15, 0.2) is 24.7 Å². The SMILES string of the molecule is Cc1c(-c2[nH]c3ccc(C4CC5(C4)CN(CCCS(C)(=O)=O)C5)nc3c2C(C)C)cn2ncnc2c1C. The zero-order valence-corrected chi connectivity index (χ0v) is 23.2. The van der Waals surface area contributed by atoms with Gasteiger partial charge >= 0.3 is 0 Å². The average molecular weight is 521 g/mol. The summed E-state index contributed by atoms with van der Waals surface area (Å²) < 4.78 is 24.7. The zero-order valence-electron chi connectivity index (χ0n) is 22.4. The molecule has 8 nitrogen and oxygen atoms in total. The van der Waals surface area contributed by atoms with Gasteiger partial charge in [0, 0.05) is 48.3 Å². The molecule has 9 heteroatoms. The van der Waals surface area contributed by atoms with E-state index in [9.17, 15) is 8.42 Å². The number of pyridine rings is 2. The molecule has 1 spiro atoms. The molecule has 0 aromatic carbocycles. The van der Waals surface area contributed by atoms with E-state index in [1.165, 1.54) is 35.9 Å². The van der Waals surface area contributed by atoms with Gasteiger partial charge in [0.2, 0.25) is 0 Å². The van der Waals surface area contributed by atoms with Crippen LogP contribution in [-0.4, -0.2) is 69.5 Å². The van der Waals surface area contributed by atoms with Gasteiger partial charge in [-0.05, 0) is 74.2 Å². The summed E-state index contributed by atoms with van der Waals surface area (Å²) in [5.41, 5.74) is 10.5. The molecule has 37 heavy (non-hydrogen) atoms. The molecule has 4 aromatic rings. The van der Waals surface area contributed by atoms with Crippen LogP contribution in [-0.2, 0) is 9.84 Å². The highest BCUT2D eigenvalue weighted by molar-refractivity contribution is 7.90. The molecule has 0 unspecified atom stereocenters. The van der Waals surface area contributed by atoms with Crippen LogP contribution in [0.2, 0.25) is 0 Å². The number of hydrogen-bond donors (Lipinski definition) is 1. The predicted octanol–water partition coefficient (Wildman–Crippen LogP) is 4.63. The summed E-state index contributed by atoms with van der Waals surface area (Å²) in [7, 11) is -2.87. The van der Waals surface area contributed by atoms with Crippen molar-refractivity contribution in [3.05, 3.63) is 47.0 Å². The van der Waals surface area contributed by atoms with E-state index in [2.05, 4.69) is 66.0 Å². The molecule has 1 N–H and O–H groups in total. The van der Waals surface area contributed by atoms with Crippen molar-refractivity contribution in [2.75, 3.05) is 31.6 Å². The topological polar surface area (TPSA) is 96.2 Å². The van der Waals surface area contributed by atoms with Crippen LogP contribution >= 0.6 is 0 Å². The van der Waals surface area contributed by atoms with Gasteiger partial charge in [-0.2, -0.15) is 5.10 Å². The number of hydrogen-bond acceptors (Lipinski definition) is 6. The number of nitrogens with one attached hydrogen (secondary N) is 1. The molecule has 0 bridgehead atoms. The lowest BCUT2D eigenvalue weighted by Crippen LogP contribution is -2.61. The highest BCUT2D eigenvalue weighted by atomic mass is 32.2. The van der Waals surface area contributed by atoms with Crippen molar-refractivity contribution in [3.8, 4) is 11.3 Å². The Kier molecular flexibility index (Phi) is 5.73.